The van der Waals surface area contributed by atoms with Crippen LogP contribution in [0.5, 0.6) is 0 Å². The van der Waals surface area contributed by atoms with E-state index in [1.807, 2.05) is 0 Å². The van der Waals surface area contributed by atoms with Gasteiger partial charge < -0.3 is 0 Å². The third-order valence-corrected chi connectivity index (χ3v) is 4.88. The Balaban J connectivity index is 2.30. The number of rotatable bonds is 5. The molecule has 0 spiro atoms. The monoisotopic (exact) mass is 277 g/mol. The van der Waals surface area contributed by atoms with Gasteiger partial charge in [-0.05, 0) is 0 Å². The van der Waals surface area contributed by atoms with Crippen molar-refractivity contribution >= 4 is 19.8 Å². The second-order valence-electron chi connectivity index (χ2n) is 4.09. The molecule has 0 radical (unpaired) electrons. The van der Waals surface area contributed by atoms with Crippen molar-refractivity contribution in [3.63, 3.8) is 0 Å². The van der Waals surface area contributed by atoms with E-state index in [0.717, 1.165) is 4.80 Å². The first-order valence-corrected chi connectivity index (χ1v) is 8.18. The van der Waals surface area contributed by atoms with Crippen molar-refractivity contribution in [2.24, 2.45) is 4.99 Å². The maximum absolute atomic E-state index is 5.38. The Morgan fingerprint density at radius 2 is 2.07 bits per heavy atom. The van der Waals surface area contributed by atoms with Crippen molar-refractivity contribution in [3.8, 4) is 0 Å². The molecule has 0 aromatic rings. The van der Waals surface area contributed by atoms with Crippen LogP contribution >= 0.6 is 0 Å². The summed E-state index contributed by atoms with van der Waals surface area (Å²) in [7, 11) is 1.77. The molecule has 0 saturated heterocycles. The summed E-state index contributed by atoms with van der Waals surface area (Å²) in [4.78, 5) is 5.79. The average molecular weight is 276 g/mol. The van der Waals surface area contributed by atoms with E-state index in [1.54, 1.807) is 7.11 Å². The van der Waals surface area contributed by atoms with Crippen LogP contribution in [-0.4, -0.2) is 32.9 Å². The van der Waals surface area contributed by atoms with E-state index in [9.17, 15) is 0 Å². The third kappa shape index (κ3) is 5.58. The van der Waals surface area contributed by atoms with Gasteiger partial charge in [-0.25, -0.2) is 0 Å². The molecule has 1 rings (SSSR count). The fourth-order valence-corrected chi connectivity index (χ4v) is 3.80. The minimum absolute atomic E-state index is 0.474. The molecule has 1 fully saturated rings. The molecule has 1 aliphatic rings. The van der Waals surface area contributed by atoms with Gasteiger partial charge in [0.05, 0.1) is 0 Å². The molecule has 0 aliphatic heterocycles. The normalized spacial score (nSPS) is 19.2. The molecule has 15 heavy (non-hydrogen) atoms. The van der Waals surface area contributed by atoms with Crippen LogP contribution in [0.1, 0.15) is 51.9 Å². The summed E-state index contributed by atoms with van der Waals surface area (Å²) in [5.74, 6) is 0. The second-order valence-corrected chi connectivity index (χ2v) is 6.29. The number of nitrogens with zero attached hydrogens (tertiary/aromatic N) is 1. The fraction of sp³-hybridized carbons (Fsp3) is 0.917. The quantitative estimate of drug-likeness (QED) is 0.327. The van der Waals surface area contributed by atoms with E-state index >= 15 is 0 Å². The molecule has 0 aromatic carbocycles. The number of ether oxygens (including phenoxy) is 1. The van der Waals surface area contributed by atoms with Crippen molar-refractivity contribution in [2.75, 3.05) is 7.11 Å². The molecule has 1 saturated carbocycles. The number of hydrogen-bond donors (Lipinski definition) is 0. The van der Waals surface area contributed by atoms with E-state index in [4.69, 9.17) is 9.73 Å². The zero-order valence-electron chi connectivity index (χ0n) is 10.00. The van der Waals surface area contributed by atoms with Crippen molar-refractivity contribution in [3.05, 3.63) is 0 Å². The first-order valence-electron chi connectivity index (χ1n) is 6.11. The molecule has 0 aromatic heterocycles. The van der Waals surface area contributed by atoms with Gasteiger partial charge >= 0.3 is 99.8 Å². The number of hydrogen-bond acceptors (Lipinski definition) is 2. The summed E-state index contributed by atoms with van der Waals surface area (Å²) in [6, 6.07) is 0.567. The number of methoxy groups -OCH3 is 1. The molecule has 0 atom stereocenters. The Bertz CT molecular complexity index is 188. The predicted octanol–water partition coefficient (Wildman–Crippen LogP) is 3.24. The molecule has 0 heterocycles. The van der Waals surface area contributed by atoms with E-state index in [-0.39, 0.29) is 0 Å². The van der Waals surface area contributed by atoms with Gasteiger partial charge in [-0.1, -0.05) is 0 Å². The Kier molecular flexibility index (Phi) is 7.12. The van der Waals surface area contributed by atoms with Crippen molar-refractivity contribution < 1.29 is 4.74 Å². The van der Waals surface area contributed by atoms with Crippen LogP contribution in [-0.2, 0) is 4.74 Å². The molecule has 88 valence electrons. The molecular formula is C12H23NOSe. The van der Waals surface area contributed by atoms with Gasteiger partial charge in [0.25, 0.3) is 0 Å². The zero-order chi connectivity index (χ0) is 10.9. The van der Waals surface area contributed by atoms with E-state index in [2.05, 4.69) is 6.92 Å². The van der Waals surface area contributed by atoms with Crippen LogP contribution in [0.3, 0.4) is 0 Å². The van der Waals surface area contributed by atoms with Gasteiger partial charge in [0, 0.05) is 0 Å². The van der Waals surface area contributed by atoms with Gasteiger partial charge in [0.15, 0.2) is 0 Å². The second kappa shape index (κ2) is 8.18. The van der Waals surface area contributed by atoms with Crippen molar-refractivity contribution in [1.29, 1.82) is 0 Å². The zero-order valence-corrected chi connectivity index (χ0v) is 11.7. The first-order chi connectivity index (χ1) is 7.36. The van der Waals surface area contributed by atoms with Crippen LogP contribution in [0.4, 0.5) is 0 Å². The Morgan fingerprint density at radius 1 is 1.33 bits per heavy atom. The Labute approximate surface area is 100 Å². The summed E-state index contributed by atoms with van der Waals surface area (Å²) >= 11 is 0.474. The Morgan fingerprint density at radius 3 is 2.67 bits per heavy atom. The Hall–Kier alpha value is -0.0105. The van der Waals surface area contributed by atoms with Crippen LogP contribution in [0.2, 0.25) is 5.32 Å². The summed E-state index contributed by atoms with van der Waals surface area (Å²) in [5.41, 5.74) is 0. The molecule has 3 heteroatoms. The summed E-state index contributed by atoms with van der Waals surface area (Å²) < 4.78 is 5.38. The summed E-state index contributed by atoms with van der Waals surface area (Å²) in [6.07, 6.45) is 9.25. The van der Waals surface area contributed by atoms with Crippen molar-refractivity contribution in [1.82, 2.24) is 0 Å². The third-order valence-electron chi connectivity index (χ3n) is 2.76. The molecule has 0 bridgehead atoms. The van der Waals surface area contributed by atoms with Crippen LogP contribution in [0.25, 0.3) is 0 Å². The molecule has 1 aliphatic carbocycles. The molecule has 0 N–H and O–H groups in total. The van der Waals surface area contributed by atoms with Crippen LogP contribution in [0.15, 0.2) is 4.99 Å². The molecule has 0 amide bonds. The number of aliphatic imine (C=N–C) groups is 1. The van der Waals surface area contributed by atoms with Gasteiger partial charge in [0.2, 0.25) is 0 Å². The van der Waals surface area contributed by atoms with Gasteiger partial charge in [-0.3, -0.25) is 0 Å². The SMILES string of the molecule is CCCC[Se]C(=NC1CCCCC1)OC. The molecule has 0 unspecified atom stereocenters. The predicted molar refractivity (Wildman–Crippen MR) is 66.8 cm³/mol. The van der Waals surface area contributed by atoms with Gasteiger partial charge in [-0.15, -0.1) is 0 Å². The summed E-state index contributed by atoms with van der Waals surface area (Å²) in [6.45, 7) is 2.24. The van der Waals surface area contributed by atoms with Gasteiger partial charge in [0.1, 0.15) is 0 Å². The number of unbranched alkanes of at least 4 members (excludes halogenated alkanes) is 1. The molecule has 2 nitrogen and oxygen atoms in total. The van der Waals surface area contributed by atoms with Crippen LogP contribution < -0.4 is 0 Å². The maximum atomic E-state index is 5.38. The summed E-state index contributed by atoms with van der Waals surface area (Å²) in [5, 5.41) is 1.28. The van der Waals surface area contributed by atoms with Gasteiger partial charge in [-0.2, -0.15) is 0 Å². The fourth-order valence-electron chi connectivity index (χ4n) is 1.81. The van der Waals surface area contributed by atoms with E-state index in [1.165, 1.54) is 50.3 Å². The van der Waals surface area contributed by atoms with E-state index < -0.39 is 0 Å². The van der Waals surface area contributed by atoms with Crippen LogP contribution in [0, 0.1) is 0 Å². The standard InChI is InChI=1S/C12H23NOSe/c1-3-4-10-15-12(14-2)13-11-8-6-5-7-9-11/h11H,3-10H2,1-2H3. The van der Waals surface area contributed by atoms with E-state index in [0.29, 0.717) is 21.0 Å². The first kappa shape index (κ1) is 13.1. The minimum atomic E-state index is 0.474. The van der Waals surface area contributed by atoms with Crippen molar-refractivity contribution in [2.45, 2.75) is 63.2 Å². The average Bonchev–Trinajstić information content (AvgIpc) is 2.29. The topological polar surface area (TPSA) is 21.6 Å². The molecular weight excluding hydrogens is 253 g/mol.